The van der Waals surface area contributed by atoms with Gasteiger partial charge in [-0.1, -0.05) is 26.0 Å². The van der Waals surface area contributed by atoms with Gasteiger partial charge in [0.05, 0.1) is 5.92 Å². The third-order valence-corrected chi connectivity index (χ3v) is 4.68. The topological polar surface area (TPSA) is 26.3 Å². The monoisotopic (exact) mass is 220 g/mol. The Hall–Kier alpha value is -0.790. The van der Waals surface area contributed by atoms with E-state index in [1.807, 2.05) is 13.8 Å². The molecule has 2 saturated carbocycles. The van der Waals surface area contributed by atoms with Crippen molar-refractivity contribution >= 4 is 5.97 Å². The molecule has 3 aliphatic rings. The summed E-state index contributed by atoms with van der Waals surface area (Å²) in [4.78, 5) is 11.6. The van der Waals surface area contributed by atoms with E-state index >= 15 is 0 Å². The molecule has 2 heteroatoms. The molecule has 0 unspecified atom stereocenters. The Morgan fingerprint density at radius 3 is 2.88 bits per heavy atom. The fraction of sp³-hybridized carbons (Fsp3) is 0.786. The summed E-state index contributed by atoms with van der Waals surface area (Å²) in [6, 6.07) is 0. The molecule has 0 N–H and O–H groups in total. The van der Waals surface area contributed by atoms with Crippen molar-refractivity contribution in [3.05, 3.63) is 12.2 Å². The number of rotatable bonds is 2. The van der Waals surface area contributed by atoms with Crippen LogP contribution in [0.4, 0.5) is 0 Å². The Bertz CT molecular complexity index is 332. The number of allylic oxidation sites excluding steroid dienone is 2. The van der Waals surface area contributed by atoms with Crippen molar-refractivity contribution in [3.8, 4) is 0 Å². The Morgan fingerprint density at radius 2 is 2.12 bits per heavy atom. The summed E-state index contributed by atoms with van der Waals surface area (Å²) in [5, 5.41) is 0. The summed E-state index contributed by atoms with van der Waals surface area (Å²) in [5.74, 6) is 3.02. The number of carbonyl (C=O) groups excluding carboxylic acids is 1. The van der Waals surface area contributed by atoms with E-state index in [1.54, 1.807) is 0 Å². The fourth-order valence-corrected chi connectivity index (χ4v) is 3.92. The number of hydrogen-bond donors (Lipinski definition) is 0. The molecule has 5 atom stereocenters. The summed E-state index contributed by atoms with van der Waals surface area (Å²) in [6.45, 7) is 3.82. The molecule has 3 rings (SSSR count). The lowest BCUT2D eigenvalue weighted by Crippen LogP contribution is -2.33. The Labute approximate surface area is 97.1 Å². The highest BCUT2D eigenvalue weighted by molar-refractivity contribution is 5.71. The van der Waals surface area contributed by atoms with Crippen LogP contribution in [0.5, 0.6) is 0 Å². The molecule has 0 radical (unpaired) electrons. The highest BCUT2D eigenvalue weighted by Crippen LogP contribution is 2.57. The van der Waals surface area contributed by atoms with Crippen LogP contribution in [-0.4, -0.2) is 12.1 Å². The standard InChI is InChI=1S/C14H20O2/c1-8(2)14(15)16-13-7-9-6-12(13)11-5-3-4-10(9)11/h3-4,8-13H,5-7H2,1-2H3/t9-,10-,11-,12-,13-/m0/s1. The molecule has 2 nitrogen and oxygen atoms in total. The van der Waals surface area contributed by atoms with Crippen LogP contribution in [0.2, 0.25) is 0 Å². The molecule has 2 bridgehead atoms. The maximum Gasteiger partial charge on any atom is 0.308 e. The van der Waals surface area contributed by atoms with Crippen molar-refractivity contribution in [1.29, 1.82) is 0 Å². The summed E-state index contributed by atoms with van der Waals surface area (Å²) < 4.78 is 5.65. The molecule has 0 spiro atoms. The Morgan fingerprint density at radius 1 is 1.31 bits per heavy atom. The van der Waals surface area contributed by atoms with Gasteiger partial charge in [-0.3, -0.25) is 4.79 Å². The third-order valence-electron chi connectivity index (χ3n) is 4.68. The normalized spacial score (nSPS) is 44.1. The summed E-state index contributed by atoms with van der Waals surface area (Å²) in [7, 11) is 0. The lowest BCUT2D eigenvalue weighted by Gasteiger charge is -2.31. The third kappa shape index (κ3) is 1.42. The lowest BCUT2D eigenvalue weighted by atomic mass is 9.80. The van der Waals surface area contributed by atoms with Crippen LogP contribution in [0.15, 0.2) is 12.2 Å². The van der Waals surface area contributed by atoms with Crippen molar-refractivity contribution in [3.63, 3.8) is 0 Å². The number of carbonyl (C=O) groups is 1. The van der Waals surface area contributed by atoms with Crippen molar-refractivity contribution in [2.45, 2.75) is 39.2 Å². The largest absolute Gasteiger partial charge is 0.462 e. The molecule has 0 aromatic carbocycles. The van der Waals surface area contributed by atoms with Gasteiger partial charge >= 0.3 is 5.97 Å². The van der Waals surface area contributed by atoms with Crippen molar-refractivity contribution in [2.24, 2.45) is 29.6 Å². The first-order chi connectivity index (χ1) is 7.66. The second kappa shape index (κ2) is 3.61. The van der Waals surface area contributed by atoms with Gasteiger partial charge < -0.3 is 4.74 Å². The first-order valence-electron chi connectivity index (χ1n) is 6.54. The summed E-state index contributed by atoms with van der Waals surface area (Å²) >= 11 is 0. The number of esters is 1. The van der Waals surface area contributed by atoms with E-state index in [1.165, 1.54) is 12.8 Å². The van der Waals surface area contributed by atoms with Crippen LogP contribution >= 0.6 is 0 Å². The molecule has 2 fully saturated rings. The Balaban J connectivity index is 1.67. The molecule has 0 heterocycles. The zero-order chi connectivity index (χ0) is 11.3. The smallest absolute Gasteiger partial charge is 0.308 e. The van der Waals surface area contributed by atoms with Gasteiger partial charge in [-0.15, -0.1) is 0 Å². The van der Waals surface area contributed by atoms with Crippen LogP contribution in [0.25, 0.3) is 0 Å². The number of ether oxygens (including phenoxy) is 1. The molecule has 0 aliphatic heterocycles. The van der Waals surface area contributed by atoms with E-state index in [0.29, 0.717) is 5.92 Å². The van der Waals surface area contributed by atoms with Gasteiger partial charge in [0.15, 0.2) is 0 Å². The van der Waals surface area contributed by atoms with Crippen LogP contribution in [-0.2, 0) is 9.53 Å². The van der Waals surface area contributed by atoms with E-state index in [0.717, 1.165) is 24.2 Å². The van der Waals surface area contributed by atoms with Gasteiger partial charge in [0.1, 0.15) is 6.10 Å². The molecule has 16 heavy (non-hydrogen) atoms. The molecule has 3 aliphatic carbocycles. The predicted molar refractivity (Wildman–Crippen MR) is 61.7 cm³/mol. The molecule has 88 valence electrons. The molecule has 0 saturated heterocycles. The number of fused-ring (bicyclic) bond motifs is 5. The first-order valence-corrected chi connectivity index (χ1v) is 6.54. The SMILES string of the molecule is CC(C)C(=O)O[C@H]1C[C@@H]2C[C@H]1[C@H]1CC=C[C@@H]21. The molecule has 0 aromatic rings. The quantitative estimate of drug-likeness (QED) is 0.528. The molecule has 0 amide bonds. The van der Waals surface area contributed by atoms with Crippen LogP contribution in [0, 0.1) is 29.6 Å². The average Bonchev–Trinajstić information content (AvgIpc) is 2.87. The number of hydrogen-bond acceptors (Lipinski definition) is 2. The van der Waals surface area contributed by atoms with Gasteiger partial charge in [-0.25, -0.2) is 0 Å². The molecular weight excluding hydrogens is 200 g/mol. The first kappa shape index (κ1) is 10.4. The van der Waals surface area contributed by atoms with Crippen molar-refractivity contribution in [1.82, 2.24) is 0 Å². The van der Waals surface area contributed by atoms with Crippen LogP contribution < -0.4 is 0 Å². The van der Waals surface area contributed by atoms with Crippen LogP contribution in [0.1, 0.15) is 33.1 Å². The van der Waals surface area contributed by atoms with Gasteiger partial charge in [-0.2, -0.15) is 0 Å². The minimum absolute atomic E-state index is 0.0108. The van der Waals surface area contributed by atoms with E-state index in [4.69, 9.17) is 4.74 Å². The summed E-state index contributed by atoms with van der Waals surface area (Å²) in [6.07, 6.45) is 8.55. The highest BCUT2D eigenvalue weighted by Gasteiger charge is 2.53. The van der Waals surface area contributed by atoms with Crippen molar-refractivity contribution < 1.29 is 9.53 Å². The van der Waals surface area contributed by atoms with Gasteiger partial charge in [-0.05, 0) is 42.9 Å². The minimum Gasteiger partial charge on any atom is -0.462 e. The maximum atomic E-state index is 11.6. The van der Waals surface area contributed by atoms with Crippen LogP contribution in [0.3, 0.4) is 0 Å². The minimum atomic E-state index is -0.0138. The highest BCUT2D eigenvalue weighted by atomic mass is 16.5. The van der Waals surface area contributed by atoms with Gasteiger partial charge in [0, 0.05) is 0 Å². The summed E-state index contributed by atoms with van der Waals surface area (Å²) in [5.41, 5.74) is 0. The maximum absolute atomic E-state index is 11.6. The zero-order valence-corrected chi connectivity index (χ0v) is 10.1. The second-order valence-electron chi connectivity index (χ2n) is 5.93. The van der Waals surface area contributed by atoms with Gasteiger partial charge in [0.2, 0.25) is 0 Å². The molecular formula is C14H20O2. The van der Waals surface area contributed by atoms with Crippen molar-refractivity contribution in [2.75, 3.05) is 0 Å². The van der Waals surface area contributed by atoms with Gasteiger partial charge in [0.25, 0.3) is 0 Å². The van der Waals surface area contributed by atoms with E-state index < -0.39 is 0 Å². The lowest BCUT2D eigenvalue weighted by molar-refractivity contribution is -0.156. The zero-order valence-electron chi connectivity index (χ0n) is 10.1. The fourth-order valence-electron chi connectivity index (χ4n) is 3.92. The second-order valence-corrected chi connectivity index (χ2v) is 5.93. The van der Waals surface area contributed by atoms with E-state index in [9.17, 15) is 4.79 Å². The van der Waals surface area contributed by atoms with E-state index in [2.05, 4.69) is 12.2 Å². The van der Waals surface area contributed by atoms with E-state index in [-0.39, 0.29) is 18.0 Å². The Kier molecular flexibility index (Phi) is 2.34. The average molecular weight is 220 g/mol. The molecule has 0 aromatic heterocycles. The predicted octanol–water partition coefficient (Wildman–Crippen LogP) is 2.79.